The molecule has 1 aromatic carbocycles. The SMILES string of the molecule is COc1cccc(CCCC(N)C(C)C)c1. The van der Waals surface area contributed by atoms with Crippen LogP contribution in [0.4, 0.5) is 0 Å². The third-order valence-electron chi connectivity index (χ3n) is 2.99. The minimum atomic E-state index is 0.325. The zero-order valence-electron chi connectivity index (χ0n) is 10.6. The Morgan fingerprint density at radius 3 is 2.69 bits per heavy atom. The van der Waals surface area contributed by atoms with Gasteiger partial charge in [-0.2, -0.15) is 0 Å². The molecule has 0 saturated carbocycles. The van der Waals surface area contributed by atoms with Crippen LogP contribution in [-0.4, -0.2) is 13.2 Å². The molecule has 2 N–H and O–H groups in total. The van der Waals surface area contributed by atoms with Gasteiger partial charge in [0.1, 0.15) is 5.75 Å². The molecular formula is C14H23NO. The van der Waals surface area contributed by atoms with Gasteiger partial charge in [-0.3, -0.25) is 0 Å². The zero-order valence-corrected chi connectivity index (χ0v) is 10.6. The third kappa shape index (κ3) is 4.23. The van der Waals surface area contributed by atoms with Crippen LogP contribution in [0.1, 0.15) is 32.3 Å². The van der Waals surface area contributed by atoms with Crippen LogP contribution in [0, 0.1) is 5.92 Å². The zero-order chi connectivity index (χ0) is 12.0. The van der Waals surface area contributed by atoms with Crippen molar-refractivity contribution in [2.75, 3.05) is 7.11 Å². The predicted octanol–water partition coefficient (Wildman–Crippen LogP) is 3.00. The molecule has 0 aromatic heterocycles. The van der Waals surface area contributed by atoms with Gasteiger partial charge in [-0.25, -0.2) is 0 Å². The summed E-state index contributed by atoms with van der Waals surface area (Å²) in [6.45, 7) is 4.35. The van der Waals surface area contributed by atoms with E-state index < -0.39 is 0 Å². The van der Waals surface area contributed by atoms with Crippen molar-refractivity contribution < 1.29 is 4.74 Å². The highest BCUT2D eigenvalue weighted by molar-refractivity contribution is 5.28. The number of benzene rings is 1. The highest BCUT2D eigenvalue weighted by Gasteiger charge is 2.06. The van der Waals surface area contributed by atoms with Crippen molar-refractivity contribution in [2.24, 2.45) is 11.7 Å². The van der Waals surface area contributed by atoms with E-state index in [1.54, 1.807) is 7.11 Å². The van der Waals surface area contributed by atoms with Crippen molar-refractivity contribution in [1.29, 1.82) is 0 Å². The average Bonchev–Trinajstić information content (AvgIpc) is 2.29. The number of nitrogens with two attached hydrogens (primary N) is 1. The van der Waals surface area contributed by atoms with Gasteiger partial charge >= 0.3 is 0 Å². The number of hydrogen-bond donors (Lipinski definition) is 1. The van der Waals surface area contributed by atoms with Crippen LogP contribution in [0.5, 0.6) is 5.75 Å². The topological polar surface area (TPSA) is 35.2 Å². The molecule has 0 aliphatic rings. The first-order chi connectivity index (χ1) is 7.63. The second kappa shape index (κ2) is 6.54. The lowest BCUT2D eigenvalue weighted by molar-refractivity contribution is 0.414. The van der Waals surface area contributed by atoms with Crippen molar-refractivity contribution in [1.82, 2.24) is 0 Å². The van der Waals surface area contributed by atoms with Crippen LogP contribution >= 0.6 is 0 Å². The Balaban J connectivity index is 2.37. The van der Waals surface area contributed by atoms with E-state index in [9.17, 15) is 0 Å². The van der Waals surface area contributed by atoms with Crippen LogP contribution in [-0.2, 0) is 6.42 Å². The van der Waals surface area contributed by atoms with Crippen molar-refractivity contribution in [2.45, 2.75) is 39.2 Å². The molecule has 1 unspecified atom stereocenters. The maximum atomic E-state index is 6.01. The number of hydrogen-bond acceptors (Lipinski definition) is 2. The van der Waals surface area contributed by atoms with E-state index in [1.165, 1.54) is 5.56 Å². The van der Waals surface area contributed by atoms with Gasteiger partial charge < -0.3 is 10.5 Å². The number of methoxy groups -OCH3 is 1. The normalized spacial score (nSPS) is 12.8. The van der Waals surface area contributed by atoms with Gasteiger partial charge in [0.05, 0.1) is 7.11 Å². The van der Waals surface area contributed by atoms with Crippen LogP contribution in [0.2, 0.25) is 0 Å². The van der Waals surface area contributed by atoms with Gasteiger partial charge in [0.15, 0.2) is 0 Å². The summed E-state index contributed by atoms with van der Waals surface area (Å²) in [5.41, 5.74) is 7.34. The van der Waals surface area contributed by atoms with Crippen molar-refractivity contribution in [3.8, 4) is 5.75 Å². The first-order valence-corrected chi connectivity index (χ1v) is 6.02. The molecule has 2 nitrogen and oxygen atoms in total. The summed E-state index contributed by atoms with van der Waals surface area (Å²) in [5, 5.41) is 0. The summed E-state index contributed by atoms with van der Waals surface area (Å²) in [6.07, 6.45) is 3.32. The van der Waals surface area contributed by atoms with Gasteiger partial charge in [0.25, 0.3) is 0 Å². The van der Waals surface area contributed by atoms with E-state index in [0.717, 1.165) is 25.0 Å². The average molecular weight is 221 g/mol. The number of rotatable bonds is 6. The molecule has 0 heterocycles. The fraction of sp³-hybridized carbons (Fsp3) is 0.571. The molecule has 2 heteroatoms. The van der Waals surface area contributed by atoms with E-state index in [1.807, 2.05) is 12.1 Å². The molecule has 90 valence electrons. The standard InChI is InChI=1S/C14H23NO/c1-11(2)14(15)9-5-7-12-6-4-8-13(10-12)16-3/h4,6,8,10-11,14H,5,7,9,15H2,1-3H3. The van der Waals surface area contributed by atoms with Crippen molar-refractivity contribution in [3.05, 3.63) is 29.8 Å². The largest absolute Gasteiger partial charge is 0.497 e. The monoisotopic (exact) mass is 221 g/mol. The molecule has 0 spiro atoms. The molecule has 0 radical (unpaired) electrons. The second-order valence-electron chi connectivity index (χ2n) is 4.65. The minimum absolute atomic E-state index is 0.325. The van der Waals surface area contributed by atoms with E-state index in [2.05, 4.69) is 26.0 Å². The lowest BCUT2D eigenvalue weighted by Gasteiger charge is -2.15. The molecule has 1 aromatic rings. The lowest BCUT2D eigenvalue weighted by atomic mass is 9.98. The molecular weight excluding hydrogens is 198 g/mol. The molecule has 0 aliphatic carbocycles. The first kappa shape index (κ1) is 13.0. The summed E-state index contributed by atoms with van der Waals surface area (Å²) in [4.78, 5) is 0. The summed E-state index contributed by atoms with van der Waals surface area (Å²) < 4.78 is 5.20. The molecule has 16 heavy (non-hydrogen) atoms. The Morgan fingerprint density at radius 1 is 1.31 bits per heavy atom. The molecule has 0 amide bonds. The van der Waals surface area contributed by atoms with E-state index in [-0.39, 0.29) is 0 Å². The summed E-state index contributed by atoms with van der Waals surface area (Å²) in [7, 11) is 1.70. The Morgan fingerprint density at radius 2 is 2.06 bits per heavy atom. The molecule has 1 atom stereocenters. The van der Waals surface area contributed by atoms with Crippen LogP contribution in [0.3, 0.4) is 0 Å². The lowest BCUT2D eigenvalue weighted by Crippen LogP contribution is -2.26. The van der Waals surface area contributed by atoms with Crippen molar-refractivity contribution >= 4 is 0 Å². The van der Waals surface area contributed by atoms with Gasteiger partial charge in [0.2, 0.25) is 0 Å². The molecule has 0 saturated heterocycles. The van der Waals surface area contributed by atoms with Crippen molar-refractivity contribution in [3.63, 3.8) is 0 Å². The van der Waals surface area contributed by atoms with Gasteiger partial charge in [-0.05, 0) is 42.9 Å². The van der Waals surface area contributed by atoms with Crippen LogP contribution in [0.25, 0.3) is 0 Å². The number of aryl methyl sites for hydroxylation is 1. The van der Waals surface area contributed by atoms with Crippen LogP contribution < -0.4 is 10.5 Å². The molecule has 1 rings (SSSR count). The summed E-state index contributed by atoms with van der Waals surface area (Å²) in [6, 6.07) is 8.58. The summed E-state index contributed by atoms with van der Waals surface area (Å²) >= 11 is 0. The maximum absolute atomic E-state index is 6.01. The smallest absolute Gasteiger partial charge is 0.119 e. The summed E-state index contributed by atoms with van der Waals surface area (Å²) in [5.74, 6) is 1.51. The van der Waals surface area contributed by atoms with Crippen LogP contribution in [0.15, 0.2) is 24.3 Å². The Labute approximate surface area is 98.8 Å². The van der Waals surface area contributed by atoms with E-state index >= 15 is 0 Å². The van der Waals surface area contributed by atoms with Gasteiger partial charge in [0, 0.05) is 6.04 Å². The van der Waals surface area contributed by atoms with E-state index in [0.29, 0.717) is 12.0 Å². The first-order valence-electron chi connectivity index (χ1n) is 6.02. The molecule has 0 bridgehead atoms. The quantitative estimate of drug-likeness (QED) is 0.801. The third-order valence-corrected chi connectivity index (χ3v) is 2.99. The molecule has 0 aliphatic heterocycles. The predicted molar refractivity (Wildman–Crippen MR) is 68.7 cm³/mol. The molecule has 0 fully saturated rings. The Hall–Kier alpha value is -1.02. The Kier molecular flexibility index (Phi) is 5.33. The number of ether oxygens (including phenoxy) is 1. The highest BCUT2D eigenvalue weighted by atomic mass is 16.5. The highest BCUT2D eigenvalue weighted by Crippen LogP contribution is 2.15. The fourth-order valence-corrected chi connectivity index (χ4v) is 1.70. The van der Waals surface area contributed by atoms with Gasteiger partial charge in [-0.1, -0.05) is 26.0 Å². The minimum Gasteiger partial charge on any atom is -0.497 e. The Bertz CT molecular complexity index is 309. The van der Waals surface area contributed by atoms with E-state index in [4.69, 9.17) is 10.5 Å². The second-order valence-corrected chi connectivity index (χ2v) is 4.65. The van der Waals surface area contributed by atoms with Gasteiger partial charge in [-0.15, -0.1) is 0 Å². The maximum Gasteiger partial charge on any atom is 0.119 e. The fourth-order valence-electron chi connectivity index (χ4n) is 1.70.